The molecule has 0 saturated carbocycles. The van der Waals surface area contributed by atoms with Crippen LogP contribution in [0.2, 0.25) is 0 Å². The lowest BCUT2D eigenvalue weighted by Gasteiger charge is -2.21. The monoisotopic (exact) mass is 404 g/mol. The van der Waals surface area contributed by atoms with E-state index in [0.717, 1.165) is 16.9 Å². The van der Waals surface area contributed by atoms with E-state index < -0.39 is 18.3 Å². The summed E-state index contributed by atoms with van der Waals surface area (Å²) in [4.78, 5) is 1.14. The SMILES string of the molecule is OC[C@@H]1O[C@H](CSc2ccccc2)C(OCCCOCc2ccccc2)C1O. The Hall–Kier alpha value is -1.41. The number of rotatable bonds is 11. The molecule has 0 aliphatic carbocycles. The average Bonchev–Trinajstić information content (AvgIpc) is 3.05. The topological polar surface area (TPSA) is 68.2 Å². The van der Waals surface area contributed by atoms with Crippen molar-refractivity contribution < 1.29 is 24.4 Å². The summed E-state index contributed by atoms with van der Waals surface area (Å²) in [7, 11) is 0. The van der Waals surface area contributed by atoms with E-state index in [9.17, 15) is 10.2 Å². The van der Waals surface area contributed by atoms with E-state index in [4.69, 9.17) is 14.2 Å². The second kappa shape index (κ2) is 11.6. The van der Waals surface area contributed by atoms with Gasteiger partial charge in [0.05, 0.1) is 19.3 Å². The molecule has 1 saturated heterocycles. The fraction of sp³-hybridized carbons (Fsp3) is 0.455. The molecule has 0 spiro atoms. The van der Waals surface area contributed by atoms with Gasteiger partial charge in [-0.1, -0.05) is 48.5 Å². The lowest BCUT2D eigenvalue weighted by molar-refractivity contribution is -0.0388. The fourth-order valence-electron chi connectivity index (χ4n) is 3.14. The van der Waals surface area contributed by atoms with Gasteiger partial charge < -0.3 is 24.4 Å². The summed E-state index contributed by atoms with van der Waals surface area (Å²) in [6.45, 7) is 1.43. The molecule has 5 nitrogen and oxygen atoms in total. The van der Waals surface area contributed by atoms with Crippen molar-refractivity contribution in [3.05, 3.63) is 66.2 Å². The van der Waals surface area contributed by atoms with Crippen LogP contribution in [0.15, 0.2) is 65.6 Å². The summed E-state index contributed by atoms with van der Waals surface area (Å²) in [5.41, 5.74) is 1.15. The Labute approximate surface area is 170 Å². The molecule has 28 heavy (non-hydrogen) atoms. The fourth-order valence-corrected chi connectivity index (χ4v) is 4.12. The van der Waals surface area contributed by atoms with Crippen molar-refractivity contribution >= 4 is 11.8 Å². The van der Waals surface area contributed by atoms with Crippen LogP contribution in [0, 0.1) is 0 Å². The average molecular weight is 405 g/mol. The minimum atomic E-state index is -0.823. The highest BCUT2D eigenvalue weighted by atomic mass is 32.2. The third-order valence-electron chi connectivity index (χ3n) is 4.63. The van der Waals surface area contributed by atoms with Crippen molar-refractivity contribution in [2.75, 3.05) is 25.6 Å². The standard InChI is InChI=1S/C22H28O5S/c23-14-19-21(24)22(20(27-19)16-28-18-10-5-2-6-11-18)26-13-7-12-25-15-17-8-3-1-4-9-17/h1-6,8-11,19-24H,7,12-16H2/t19-,20+,21?,22?/m0/s1. The number of thioether (sulfide) groups is 1. The third-order valence-corrected chi connectivity index (χ3v) is 5.73. The van der Waals surface area contributed by atoms with Gasteiger partial charge in [0.15, 0.2) is 0 Å². The van der Waals surface area contributed by atoms with E-state index in [-0.39, 0.29) is 12.7 Å². The quantitative estimate of drug-likeness (QED) is 0.443. The minimum Gasteiger partial charge on any atom is -0.394 e. The first-order valence-corrected chi connectivity index (χ1v) is 10.6. The van der Waals surface area contributed by atoms with Crippen molar-refractivity contribution in [2.24, 2.45) is 0 Å². The van der Waals surface area contributed by atoms with Crippen LogP contribution in [0.1, 0.15) is 12.0 Å². The Bertz CT molecular complexity index is 669. The highest BCUT2D eigenvalue weighted by Crippen LogP contribution is 2.29. The molecule has 0 radical (unpaired) electrons. The van der Waals surface area contributed by atoms with E-state index in [1.54, 1.807) is 11.8 Å². The third kappa shape index (κ3) is 6.30. The van der Waals surface area contributed by atoms with Gasteiger partial charge in [0.25, 0.3) is 0 Å². The Morgan fingerprint density at radius 1 is 0.929 bits per heavy atom. The summed E-state index contributed by atoms with van der Waals surface area (Å²) in [5, 5.41) is 19.9. The van der Waals surface area contributed by atoms with Gasteiger partial charge in [0.1, 0.15) is 18.3 Å². The predicted octanol–water partition coefficient (Wildman–Crippen LogP) is 2.89. The van der Waals surface area contributed by atoms with Gasteiger partial charge in [0.2, 0.25) is 0 Å². The van der Waals surface area contributed by atoms with Crippen LogP contribution in [0.5, 0.6) is 0 Å². The minimum absolute atomic E-state index is 0.215. The van der Waals surface area contributed by atoms with E-state index in [1.807, 2.05) is 60.7 Å². The summed E-state index contributed by atoms with van der Waals surface area (Å²) < 4.78 is 17.4. The maximum atomic E-state index is 10.4. The number of ether oxygens (including phenoxy) is 3. The van der Waals surface area contributed by atoms with E-state index in [0.29, 0.717) is 25.6 Å². The Morgan fingerprint density at radius 3 is 2.36 bits per heavy atom. The second-order valence-electron chi connectivity index (χ2n) is 6.74. The largest absolute Gasteiger partial charge is 0.394 e. The molecular weight excluding hydrogens is 376 g/mol. The number of benzene rings is 2. The van der Waals surface area contributed by atoms with Crippen LogP contribution >= 0.6 is 11.8 Å². The predicted molar refractivity (Wildman–Crippen MR) is 109 cm³/mol. The zero-order valence-electron chi connectivity index (χ0n) is 15.9. The van der Waals surface area contributed by atoms with Gasteiger partial charge in [-0.15, -0.1) is 11.8 Å². The van der Waals surface area contributed by atoms with Crippen LogP contribution in [-0.4, -0.2) is 60.2 Å². The van der Waals surface area contributed by atoms with Crippen LogP contribution in [0.4, 0.5) is 0 Å². The van der Waals surface area contributed by atoms with Crippen LogP contribution in [-0.2, 0) is 20.8 Å². The summed E-state index contributed by atoms with van der Waals surface area (Å²) in [6.07, 6.45) is -1.39. The molecule has 2 unspecified atom stereocenters. The molecule has 0 aromatic heterocycles. The zero-order valence-corrected chi connectivity index (χ0v) is 16.7. The van der Waals surface area contributed by atoms with Crippen molar-refractivity contribution in [3.8, 4) is 0 Å². The van der Waals surface area contributed by atoms with Crippen molar-refractivity contribution in [1.82, 2.24) is 0 Å². The van der Waals surface area contributed by atoms with Gasteiger partial charge in [-0.2, -0.15) is 0 Å². The molecule has 2 aromatic rings. The molecule has 4 atom stereocenters. The normalized spacial score (nSPS) is 24.5. The summed E-state index contributed by atoms with van der Waals surface area (Å²) in [5.74, 6) is 0.659. The van der Waals surface area contributed by atoms with Gasteiger partial charge in [-0.25, -0.2) is 0 Å². The smallest absolute Gasteiger partial charge is 0.113 e. The molecule has 1 aliphatic heterocycles. The molecule has 1 heterocycles. The van der Waals surface area contributed by atoms with Gasteiger partial charge in [-0.05, 0) is 24.1 Å². The van der Waals surface area contributed by atoms with Crippen LogP contribution in [0.25, 0.3) is 0 Å². The van der Waals surface area contributed by atoms with Crippen molar-refractivity contribution in [3.63, 3.8) is 0 Å². The van der Waals surface area contributed by atoms with Crippen molar-refractivity contribution in [2.45, 2.75) is 42.3 Å². The maximum Gasteiger partial charge on any atom is 0.113 e. The van der Waals surface area contributed by atoms with Crippen molar-refractivity contribution in [1.29, 1.82) is 0 Å². The lowest BCUT2D eigenvalue weighted by Crippen LogP contribution is -2.37. The van der Waals surface area contributed by atoms with Crippen LogP contribution in [0.3, 0.4) is 0 Å². The molecule has 0 bridgehead atoms. The van der Waals surface area contributed by atoms with Gasteiger partial charge in [-0.3, -0.25) is 0 Å². The Kier molecular flexibility index (Phi) is 8.79. The van der Waals surface area contributed by atoms with E-state index in [2.05, 4.69) is 0 Å². The molecule has 0 amide bonds. The summed E-state index contributed by atoms with van der Waals surface area (Å²) in [6, 6.07) is 20.1. The molecule has 3 rings (SSSR count). The number of aliphatic hydroxyl groups excluding tert-OH is 2. The number of hydrogen-bond acceptors (Lipinski definition) is 6. The summed E-state index contributed by atoms with van der Waals surface area (Å²) >= 11 is 1.66. The van der Waals surface area contributed by atoms with Crippen LogP contribution < -0.4 is 0 Å². The molecule has 1 fully saturated rings. The first-order valence-electron chi connectivity index (χ1n) is 9.63. The van der Waals surface area contributed by atoms with Gasteiger partial charge >= 0.3 is 0 Å². The lowest BCUT2D eigenvalue weighted by atomic mass is 10.1. The first kappa shape index (κ1) is 21.3. The Balaban J connectivity index is 1.40. The number of hydrogen-bond donors (Lipinski definition) is 2. The number of aliphatic hydroxyl groups is 2. The highest BCUT2D eigenvalue weighted by molar-refractivity contribution is 7.99. The molecular formula is C22H28O5S. The first-order chi connectivity index (χ1) is 13.8. The Morgan fingerprint density at radius 2 is 1.64 bits per heavy atom. The molecule has 2 N–H and O–H groups in total. The molecule has 2 aromatic carbocycles. The molecule has 6 heteroatoms. The zero-order chi connectivity index (χ0) is 19.6. The molecule has 152 valence electrons. The second-order valence-corrected chi connectivity index (χ2v) is 7.83. The van der Waals surface area contributed by atoms with E-state index >= 15 is 0 Å². The maximum absolute atomic E-state index is 10.4. The van der Waals surface area contributed by atoms with Gasteiger partial charge in [0, 0.05) is 23.9 Å². The highest BCUT2D eigenvalue weighted by Gasteiger charge is 2.43. The molecule has 1 aliphatic rings. The van der Waals surface area contributed by atoms with E-state index in [1.165, 1.54) is 0 Å².